The number of nitrogens with one attached hydrogen (secondary N) is 2. The van der Waals surface area contributed by atoms with E-state index < -0.39 is 48.4 Å². The second-order valence-corrected chi connectivity index (χ2v) is 10.6. The van der Waals surface area contributed by atoms with Crippen LogP contribution in [0, 0.1) is 0 Å². The van der Waals surface area contributed by atoms with E-state index in [-0.39, 0.29) is 26.1 Å². The second kappa shape index (κ2) is 19.7. The number of carbonyl (C=O) groups is 4. The van der Waals surface area contributed by atoms with Gasteiger partial charge in [-0.1, -0.05) is 121 Å². The van der Waals surface area contributed by atoms with Gasteiger partial charge >= 0.3 is 24.1 Å². The molecule has 0 spiro atoms. The zero-order valence-electron chi connectivity index (χ0n) is 25.9. The number of carboxylic acid groups (broad SMARTS) is 2. The van der Waals surface area contributed by atoms with E-state index in [4.69, 9.17) is 19.7 Å². The highest BCUT2D eigenvalue weighted by molar-refractivity contribution is 5.76. The van der Waals surface area contributed by atoms with Crippen LogP contribution in [0.3, 0.4) is 0 Å². The maximum absolute atomic E-state index is 11.9. The molecular weight excluding hydrogens is 620 g/mol. The maximum atomic E-state index is 11.9. The Balaban J connectivity index is 0.000000260. The Labute approximate surface area is 277 Å². The van der Waals surface area contributed by atoms with Crippen LogP contribution in [0.1, 0.15) is 22.3 Å². The molecule has 0 unspecified atom stereocenters. The summed E-state index contributed by atoms with van der Waals surface area (Å²) < 4.78 is 10.1. The predicted molar refractivity (Wildman–Crippen MR) is 175 cm³/mol. The summed E-state index contributed by atoms with van der Waals surface area (Å²) in [5.74, 6) is -2.81. The van der Waals surface area contributed by atoms with Crippen LogP contribution in [-0.2, 0) is 45.1 Å². The Bertz CT molecular complexity index is 1440. The van der Waals surface area contributed by atoms with Gasteiger partial charge in [0.2, 0.25) is 0 Å². The van der Waals surface area contributed by atoms with Crippen molar-refractivity contribution >= 4 is 24.1 Å². The highest BCUT2D eigenvalue weighted by Crippen LogP contribution is 2.10. The largest absolute Gasteiger partial charge is 0.479 e. The molecule has 252 valence electrons. The van der Waals surface area contributed by atoms with Gasteiger partial charge in [-0.15, -0.1) is 0 Å². The van der Waals surface area contributed by atoms with E-state index in [1.54, 1.807) is 72.8 Å². The van der Waals surface area contributed by atoms with Crippen molar-refractivity contribution in [2.45, 2.75) is 50.3 Å². The highest BCUT2D eigenvalue weighted by atomic mass is 16.6. The lowest BCUT2D eigenvalue weighted by Crippen LogP contribution is -2.48. The van der Waals surface area contributed by atoms with E-state index in [1.807, 2.05) is 48.5 Å². The van der Waals surface area contributed by atoms with Crippen LogP contribution < -0.4 is 10.6 Å². The number of carboxylic acids is 2. The van der Waals surface area contributed by atoms with E-state index in [2.05, 4.69) is 10.6 Å². The van der Waals surface area contributed by atoms with Crippen LogP contribution in [0.25, 0.3) is 0 Å². The summed E-state index contributed by atoms with van der Waals surface area (Å²) >= 11 is 0. The number of rotatable bonds is 14. The number of alkyl carbamates (subject to hydrolysis) is 2. The number of ether oxygens (including phenoxy) is 2. The van der Waals surface area contributed by atoms with Crippen LogP contribution >= 0.6 is 0 Å². The fourth-order valence-corrected chi connectivity index (χ4v) is 4.40. The normalized spacial score (nSPS) is 12.9. The molecule has 4 rings (SSSR count). The van der Waals surface area contributed by atoms with Crippen LogP contribution in [-0.4, -0.2) is 68.8 Å². The topological polar surface area (TPSA) is 192 Å². The fourth-order valence-electron chi connectivity index (χ4n) is 4.40. The fraction of sp³-hybridized carbons (Fsp3) is 0.222. The smallest absolute Gasteiger partial charge is 0.407 e. The van der Waals surface area contributed by atoms with Crippen LogP contribution in [0.2, 0.25) is 0 Å². The first-order chi connectivity index (χ1) is 23.1. The minimum absolute atomic E-state index is 0.0634. The molecule has 0 heterocycles. The van der Waals surface area contributed by atoms with E-state index >= 15 is 0 Å². The Morgan fingerprint density at radius 1 is 0.479 bits per heavy atom. The van der Waals surface area contributed by atoms with E-state index in [0.29, 0.717) is 0 Å². The van der Waals surface area contributed by atoms with E-state index in [1.165, 1.54) is 0 Å². The van der Waals surface area contributed by atoms with Gasteiger partial charge in [0.15, 0.2) is 12.2 Å². The number of hydrogen-bond donors (Lipinski definition) is 6. The van der Waals surface area contributed by atoms with E-state index in [0.717, 1.165) is 22.3 Å². The predicted octanol–water partition coefficient (Wildman–Crippen LogP) is 3.94. The Morgan fingerprint density at radius 2 is 0.750 bits per heavy atom. The van der Waals surface area contributed by atoms with Crippen molar-refractivity contribution in [3.63, 3.8) is 0 Å². The van der Waals surface area contributed by atoms with Gasteiger partial charge in [-0.3, -0.25) is 0 Å². The molecule has 0 saturated heterocycles. The molecule has 0 fully saturated rings. The van der Waals surface area contributed by atoms with Crippen molar-refractivity contribution < 1.29 is 49.1 Å². The molecule has 0 aliphatic rings. The number of aliphatic hydroxyl groups is 2. The average Bonchev–Trinajstić information content (AvgIpc) is 3.10. The number of aliphatic hydroxyl groups excluding tert-OH is 2. The molecule has 12 heteroatoms. The summed E-state index contributed by atoms with van der Waals surface area (Å²) in [5.41, 5.74) is 3.22. The number of hydrogen-bond acceptors (Lipinski definition) is 8. The summed E-state index contributed by atoms with van der Waals surface area (Å²) in [6, 6.07) is 34.2. The van der Waals surface area contributed by atoms with Crippen molar-refractivity contribution in [3.8, 4) is 0 Å². The van der Waals surface area contributed by atoms with Gasteiger partial charge in [-0.2, -0.15) is 0 Å². The summed E-state index contributed by atoms with van der Waals surface area (Å²) in [6.45, 7) is 0.127. The zero-order valence-corrected chi connectivity index (χ0v) is 25.9. The van der Waals surface area contributed by atoms with Crippen LogP contribution in [0.15, 0.2) is 121 Å². The molecule has 4 atom stereocenters. The zero-order chi connectivity index (χ0) is 34.7. The first kappa shape index (κ1) is 36.7. The number of benzene rings is 4. The molecule has 48 heavy (non-hydrogen) atoms. The van der Waals surface area contributed by atoms with Crippen molar-refractivity contribution in [2.24, 2.45) is 0 Å². The molecule has 4 aromatic carbocycles. The molecule has 0 radical (unpaired) electrons. The number of aliphatic carboxylic acids is 2. The third kappa shape index (κ3) is 13.3. The maximum Gasteiger partial charge on any atom is 0.407 e. The van der Waals surface area contributed by atoms with E-state index in [9.17, 15) is 29.4 Å². The summed E-state index contributed by atoms with van der Waals surface area (Å²) in [6.07, 6.45) is -4.66. The molecule has 0 saturated carbocycles. The molecule has 6 N–H and O–H groups in total. The van der Waals surface area contributed by atoms with Crippen molar-refractivity contribution in [1.82, 2.24) is 10.6 Å². The number of carbonyl (C=O) groups excluding carboxylic acids is 2. The molecule has 0 aliphatic carbocycles. The highest BCUT2D eigenvalue weighted by Gasteiger charge is 2.29. The molecule has 0 aliphatic heterocycles. The molecule has 4 aromatic rings. The van der Waals surface area contributed by atoms with Crippen molar-refractivity contribution in [3.05, 3.63) is 144 Å². The lowest BCUT2D eigenvalue weighted by Gasteiger charge is -2.21. The third-order valence-corrected chi connectivity index (χ3v) is 6.90. The Hall–Kier alpha value is -5.72. The SMILES string of the molecule is O=C(N[C@H](Cc1ccccc1)[C@H](O)C(=O)O)OCc1ccccc1.O=C(N[C@H](Cc1ccccc1)[C@H](O)C(=O)O)OCc1ccccc1. The van der Waals surface area contributed by atoms with Gasteiger partial charge in [-0.05, 0) is 35.1 Å². The van der Waals surface area contributed by atoms with Gasteiger partial charge in [-0.25, -0.2) is 19.2 Å². The first-order valence-electron chi connectivity index (χ1n) is 15.0. The monoisotopic (exact) mass is 658 g/mol. The minimum Gasteiger partial charge on any atom is -0.479 e. The lowest BCUT2D eigenvalue weighted by atomic mass is 10.0. The third-order valence-electron chi connectivity index (χ3n) is 6.90. The van der Waals surface area contributed by atoms with Gasteiger partial charge < -0.3 is 40.5 Å². The summed E-state index contributed by atoms with van der Waals surface area (Å²) in [4.78, 5) is 45.9. The molecular formula is C36H38N2O10. The standard InChI is InChI=1S/2C18H19NO5/c2*20-16(17(21)22)15(11-13-7-3-1-4-8-13)19-18(23)24-12-14-9-5-2-6-10-14/h2*1-10,15-16,20H,11-12H2,(H,19,23)(H,21,22)/t2*15-,16+/m11/s1. The van der Waals surface area contributed by atoms with Gasteiger partial charge in [0.25, 0.3) is 0 Å². The summed E-state index contributed by atoms with van der Waals surface area (Å²) in [7, 11) is 0. The second-order valence-electron chi connectivity index (χ2n) is 10.6. The molecule has 0 bridgehead atoms. The number of amides is 2. The quantitative estimate of drug-likeness (QED) is 0.116. The van der Waals surface area contributed by atoms with Gasteiger partial charge in [0.1, 0.15) is 13.2 Å². The van der Waals surface area contributed by atoms with Crippen LogP contribution in [0.4, 0.5) is 9.59 Å². The lowest BCUT2D eigenvalue weighted by molar-refractivity contribution is -0.148. The molecule has 2 amide bonds. The van der Waals surface area contributed by atoms with Crippen LogP contribution in [0.5, 0.6) is 0 Å². The Morgan fingerprint density at radius 3 is 1.02 bits per heavy atom. The van der Waals surface area contributed by atoms with Crippen molar-refractivity contribution in [1.29, 1.82) is 0 Å². The van der Waals surface area contributed by atoms with Crippen molar-refractivity contribution in [2.75, 3.05) is 0 Å². The summed E-state index contributed by atoms with van der Waals surface area (Å²) in [5, 5.41) is 42.5. The van der Waals surface area contributed by atoms with Gasteiger partial charge in [0.05, 0.1) is 12.1 Å². The molecule has 12 nitrogen and oxygen atoms in total. The minimum atomic E-state index is -1.73. The van der Waals surface area contributed by atoms with Gasteiger partial charge in [0, 0.05) is 0 Å². The first-order valence-corrected chi connectivity index (χ1v) is 15.0. The average molecular weight is 659 g/mol. The Kier molecular flexibility index (Phi) is 15.1. The molecule has 0 aromatic heterocycles.